The maximum atomic E-state index is 13.3. The Balaban J connectivity index is 1.74. The van der Waals surface area contributed by atoms with E-state index in [9.17, 15) is 9.50 Å². The highest BCUT2D eigenvalue weighted by molar-refractivity contribution is 5.52. The second-order valence-electron chi connectivity index (χ2n) is 5.99. The Bertz CT molecular complexity index is 629. The van der Waals surface area contributed by atoms with Crippen LogP contribution in [0.3, 0.4) is 0 Å². The molecule has 2 aromatic rings. The van der Waals surface area contributed by atoms with Crippen molar-refractivity contribution in [1.29, 1.82) is 0 Å². The van der Waals surface area contributed by atoms with Gasteiger partial charge in [0.15, 0.2) is 0 Å². The summed E-state index contributed by atoms with van der Waals surface area (Å²) in [6, 6.07) is 6.40. The molecule has 0 bridgehead atoms. The Morgan fingerprint density at radius 1 is 1.45 bits per heavy atom. The van der Waals surface area contributed by atoms with E-state index in [0.717, 1.165) is 25.1 Å². The number of nitrogens with zero attached hydrogens (tertiary/aromatic N) is 2. The molecule has 1 fully saturated rings. The summed E-state index contributed by atoms with van der Waals surface area (Å²) in [5, 5.41) is 9.60. The van der Waals surface area contributed by atoms with Crippen LogP contribution in [-0.4, -0.2) is 34.2 Å². The van der Waals surface area contributed by atoms with Gasteiger partial charge in [0, 0.05) is 18.2 Å². The van der Waals surface area contributed by atoms with Crippen LogP contribution in [0.2, 0.25) is 0 Å². The lowest BCUT2D eigenvalue weighted by atomic mass is 9.91. The zero-order valence-corrected chi connectivity index (χ0v) is 12.7. The molecule has 118 valence electrons. The molecule has 22 heavy (non-hydrogen) atoms. The fourth-order valence-corrected chi connectivity index (χ4v) is 3.17. The lowest BCUT2D eigenvalue weighted by molar-refractivity contribution is 0.0463. The third-order valence-corrected chi connectivity index (χ3v) is 4.41. The summed E-state index contributed by atoms with van der Waals surface area (Å²) in [5.41, 5.74) is 1.45. The molecule has 0 aliphatic carbocycles. The quantitative estimate of drug-likeness (QED) is 0.943. The predicted octanol–water partition coefficient (Wildman–Crippen LogP) is 3.07. The van der Waals surface area contributed by atoms with Gasteiger partial charge in [-0.2, -0.15) is 0 Å². The Morgan fingerprint density at radius 2 is 2.32 bits per heavy atom. The standard InChI is InChI=1S/C17H21FN2O2/c1-12-4-3-7-20(16(12)10-21)9-15-11-22-17(19-15)13-5-2-6-14(18)8-13/h2,5-6,8,11-12,16,21H,3-4,7,9-10H2,1H3. The maximum absolute atomic E-state index is 13.3. The molecule has 1 N–H and O–H groups in total. The van der Waals surface area contributed by atoms with Crippen molar-refractivity contribution in [2.45, 2.75) is 32.4 Å². The smallest absolute Gasteiger partial charge is 0.226 e. The van der Waals surface area contributed by atoms with E-state index < -0.39 is 0 Å². The van der Waals surface area contributed by atoms with Crippen molar-refractivity contribution in [3.8, 4) is 11.5 Å². The molecular weight excluding hydrogens is 283 g/mol. The van der Waals surface area contributed by atoms with Gasteiger partial charge in [-0.05, 0) is 43.5 Å². The summed E-state index contributed by atoms with van der Waals surface area (Å²) < 4.78 is 18.7. The number of likely N-dealkylation sites (tertiary alicyclic amines) is 1. The van der Waals surface area contributed by atoms with E-state index in [2.05, 4.69) is 16.8 Å². The second-order valence-corrected chi connectivity index (χ2v) is 5.99. The van der Waals surface area contributed by atoms with Crippen molar-refractivity contribution in [3.63, 3.8) is 0 Å². The SMILES string of the molecule is CC1CCCN(Cc2coc(-c3cccc(F)c3)n2)C1CO. The molecule has 4 nitrogen and oxygen atoms in total. The Kier molecular flexibility index (Phi) is 4.55. The Hall–Kier alpha value is -1.72. The van der Waals surface area contributed by atoms with Crippen molar-refractivity contribution in [3.05, 3.63) is 42.0 Å². The molecule has 2 atom stereocenters. The van der Waals surface area contributed by atoms with E-state index in [1.54, 1.807) is 18.4 Å². The van der Waals surface area contributed by atoms with Gasteiger partial charge >= 0.3 is 0 Å². The van der Waals surface area contributed by atoms with Gasteiger partial charge in [0.1, 0.15) is 12.1 Å². The summed E-state index contributed by atoms with van der Waals surface area (Å²) in [7, 11) is 0. The summed E-state index contributed by atoms with van der Waals surface area (Å²) in [5.74, 6) is 0.607. The number of benzene rings is 1. The molecule has 5 heteroatoms. The molecule has 2 unspecified atom stereocenters. The molecule has 1 aliphatic rings. The minimum absolute atomic E-state index is 0.162. The average Bonchev–Trinajstić information content (AvgIpc) is 2.96. The first kappa shape index (κ1) is 15.2. The largest absolute Gasteiger partial charge is 0.444 e. The molecule has 0 amide bonds. The molecule has 0 spiro atoms. The molecule has 1 saturated heterocycles. The summed E-state index contributed by atoms with van der Waals surface area (Å²) in [4.78, 5) is 6.70. The predicted molar refractivity (Wildman–Crippen MR) is 81.6 cm³/mol. The zero-order valence-electron chi connectivity index (χ0n) is 12.7. The number of hydrogen-bond donors (Lipinski definition) is 1. The van der Waals surface area contributed by atoms with Gasteiger partial charge in [-0.25, -0.2) is 9.37 Å². The number of hydrogen-bond acceptors (Lipinski definition) is 4. The second kappa shape index (κ2) is 6.58. The van der Waals surface area contributed by atoms with Crippen molar-refractivity contribution < 1.29 is 13.9 Å². The van der Waals surface area contributed by atoms with Crippen LogP contribution in [0.15, 0.2) is 34.9 Å². The van der Waals surface area contributed by atoms with Gasteiger partial charge in [-0.3, -0.25) is 4.90 Å². The summed E-state index contributed by atoms with van der Waals surface area (Å²) >= 11 is 0. The first-order valence-electron chi connectivity index (χ1n) is 7.72. The van der Waals surface area contributed by atoms with E-state index >= 15 is 0 Å². The highest BCUT2D eigenvalue weighted by Crippen LogP contribution is 2.26. The lowest BCUT2D eigenvalue weighted by Crippen LogP contribution is -2.46. The van der Waals surface area contributed by atoms with Crippen LogP contribution in [0.1, 0.15) is 25.5 Å². The van der Waals surface area contributed by atoms with E-state index in [1.165, 1.54) is 12.1 Å². The monoisotopic (exact) mass is 304 g/mol. The van der Waals surface area contributed by atoms with Crippen LogP contribution >= 0.6 is 0 Å². The van der Waals surface area contributed by atoms with Gasteiger partial charge in [0.05, 0.1) is 12.3 Å². The molecular formula is C17H21FN2O2. The molecule has 0 saturated carbocycles. The number of aromatic nitrogens is 1. The number of aliphatic hydroxyl groups excluding tert-OH is 1. The number of aliphatic hydroxyl groups is 1. The van der Waals surface area contributed by atoms with Gasteiger partial charge in [-0.1, -0.05) is 13.0 Å². The van der Waals surface area contributed by atoms with Crippen LogP contribution in [0.4, 0.5) is 4.39 Å². The molecule has 0 radical (unpaired) electrons. The summed E-state index contributed by atoms with van der Waals surface area (Å²) in [6.07, 6.45) is 3.90. The van der Waals surface area contributed by atoms with E-state index in [0.29, 0.717) is 23.9 Å². The topological polar surface area (TPSA) is 49.5 Å². The van der Waals surface area contributed by atoms with Crippen LogP contribution in [-0.2, 0) is 6.54 Å². The molecule has 1 aliphatic heterocycles. The van der Waals surface area contributed by atoms with E-state index in [1.807, 2.05) is 0 Å². The molecule has 2 heterocycles. The van der Waals surface area contributed by atoms with E-state index in [-0.39, 0.29) is 18.5 Å². The van der Waals surface area contributed by atoms with E-state index in [4.69, 9.17) is 4.42 Å². The zero-order chi connectivity index (χ0) is 15.5. The third kappa shape index (κ3) is 3.20. The van der Waals surface area contributed by atoms with Crippen molar-refractivity contribution >= 4 is 0 Å². The van der Waals surface area contributed by atoms with Gasteiger partial charge in [0.25, 0.3) is 0 Å². The van der Waals surface area contributed by atoms with Crippen LogP contribution in [0, 0.1) is 11.7 Å². The van der Waals surface area contributed by atoms with Crippen molar-refractivity contribution in [1.82, 2.24) is 9.88 Å². The van der Waals surface area contributed by atoms with Crippen molar-refractivity contribution in [2.75, 3.05) is 13.2 Å². The Morgan fingerprint density at radius 3 is 3.09 bits per heavy atom. The maximum Gasteiger partial charge on any atom is 0.226 e. The normalized spacial score (nSPS) is 22.9. The molecule has 1 aromatic heterocycles. The fourth-order valence-electron chi connectivity index (χ4n) is 3.17. The van der Waals surface area contributed by atoms with Crippen molar-refractivity contribution in [2.24, 2.45) is 5.92 Å². The first-order valence-corrected chi connectivity index (χ1v) is 7.72. The fraction of sp³-hybridized carbons (Fsp3) is 0.471. The highest BCUT2D eigenvalue weighted by Gasteiger charge is 2.28. The van der Waals surface area contributed by atoms with Gasteiger partial charge < -0.3 is 9.52 Å². The molecule has 3 rings (SSSR count). The number of rotatable bonds is 4. The number of halogens is 1. The Labute approximate surface area is 129 Å². The van der Waals surface area contributed by atoms with Crippen LogP contribution < -0.4 is 0 Å². The highest BCUT2D eigenvalue weighted by atomic mass is 19.1. The summed E-state index contributed by atoms with van der Waals surface area (Å²) in [6.45, 7) is 3.94. The number of piperidine rings is 1. The van der Waals surface area contributed by atoms with Crippen LogP contribution in [0.25, 0.3) is 11.5 Å². The first-order chi connectivity index (χ1) is 10.7. The van der Waals surface area contributed by atoms with Crippen LogP contribution in [0.5, 0.6) is 0 Å². The molecule has 1 aromatic carbocycles. The average molecular weight is 304 g/mol. The van der Waals surface area contributed by atoms with Gasteiger partial charge in [-0.15, -0.1) is 0 Å². The minimum atomic E-state index is -0.303. The van der Waals surface area contributed by atoms with Gasteiger partial charge in [0.2, 0.25) is 5.89 Å². The minimum Gasteiger partial charge on any atom is -0.444 e. The number of oxazole rings is 1. The lowest BCUT2D eigenvalue weighted by Gasteiger charge is -2.38. The third-order valence-electron chi connectivity index (χ3n) is 4.41.